The molecule has 0 N–H and O–H groups in total. The number of hydrogen-bond acceptors (Lipinski definition) is 9. The van der Waals surface area contributed by atoms with E-state index in [0.717, 1.165) is 4.90 Å². The van der Waals surface area contributed by atoms with Crippen molar-refractivity contribution >= 4 is 11.8 Å². The van der Waals surface area contributed by atoms with E-state index in [2.05, 4.69) is 15.1 Å². The molecular formula is C23H20N6O5. The number of likely N-dealkylation sites (N-methyl/N-ethyl adjacent to an activating group) is 1. The summed E-state index contributed by atoms with van der Waals surface area (Å²) in [4.78, 5) is 35.3. The van der Waals surface area contributed by atoms with Gasteiger partial charge in [-0.2, -0.15) is 15.0 Å². The summed E-state index contributed by atoms with van der Waals surface area (Å²) in [6.07, 6.45) is 1.70. The molecule has 2 aromatic carbocycles. The summed E-state index contributed by atoms with van der Waals surface area (Å²) >= 11 is 0. The number of aromatic nitrogens is 3. The molecular weight excluding hydrogens is 440 g/mol. The standard InChI is InChI=1S/C23H20N6O5/c1-28-21(30)17(13-8-6-5-7-9-13)18-19(22(28)31)27-29(23(26-18)25-12-24)14-10-15(32-2)20(34-4)16(11-14)33-3/h5-11,17H,1-4H3. The maximum atomic E-state index is 13.0. The predicted molar refractivity (Wildman–Crippen MR) is 118 cm³/mol. The predicted octanol–water partition coefficient (Wildman–Crippen LogP) is 1.42. The smallest absolute Gasteiger partial charge is 0.282 e. The average Bonchev–Trinajstić information content (AvgIpc) is 2.87. The molecule has 1 unspecified atom stereocenters. The summed E-state index contributed by atoms with van der Waals surface area (Å²) in [5.41, 5.74) is 0.943. The minimum atomic E-state index is -0.881. The third-order valence-corrected chi connectivity index (χ3v) is 5.39. The molecule has 34 heavy (non-hydrogen) atoms. The first-order chi connectivity index (χ1) is 16.4. The van der Waals surface area contributed by atoms with Crippen LogP contribution >= 0.6 is 0 Å². The van der Waals surface area contributed by atoms with Gasteiger partial charge >= 0.3 is 0 Å². The van der Waals surface area contributed by atoms with Gasteiger partial charge in [0.2, 0.25) is 17.8 Å². The summed E-state index contributed by atoms with van der Waals surface area (Å²) in [5, 5.41) is 13.8. The molecule has 0 radical (unpaired) electrons. The first-order valence-corrected chi connectivity index (χ1v) is 10.1. The van der Waals surface area contributed by atoms with Gasteiger partial charge in [0, 0.05) is 19.2 Å². The number of hydrogen-bond donors (Lipinski definition) is 0. The van der Waals surface area contributed by atoms with E-state index in [4.69, 9.17) is 14.2 Å². The van der Waals surface area contributed by atoms with Gasteiger partial charge in [-0.05, 0) is 5.56 Å². The van der Waals surface area contributed by atoms with Gasteiger partial charge in [0.15, 0.2) is 17.2 Å². The number of amides is 2. The Morgan fingerprint density at radius 3 is 2.24 bits per heavy atom. The molecule has 0 saturated heterocycles. The summed E-state index contributed by atoms with van der Waals surface area (Å²) in [6, 6.07) is 12.1. The summed E-state index contributed by atoms with van der Waals surface area (Å²) in [6.45, 7) is 0. The molecule has 0 bridgehead atoms. The van der Waals surface area contributed by atoms with Gasteiger partial charge in [-0.25, -0.2) is 4.98 Å². The summed E-state index contributed by atoms with van der Waals surface area (Å²) in [7, 11) is 5.78. The minimum absolute atomic E-state index is 0.0402. The molecule has 11 heteroatoms. The van der Waals surface area contributed by atoms with E-state index < -0.39 is 17.7 Å². The van der Waals surface area contributed by atoms with E-state index in [1.54, 1.807) is 42.6 Å². The number of imide groups is 1. The van der Waals surface area contributed by atoms with Crippen LogP contribution in [-0.2, 0) is 4.79 Å². The lowest BCUT2D eigenvalue weighted by molar-refractivity contribution is -0.128. The molecule has 0 fully saturated rings. The first kappa shape index (κ1) is 22.5. The van der Waals surface area contributed by atoms with Crippen molar-refractivity contribution in [2.24, 2.45) is 4.99 Å². The van der Waals surface area contributed by atoms with Crippen LogP contribution in [0.3, 0.4) is 0 Å². The Morgan fingerprint density at radius 1 is 1.03 bits per heavy atom. The molecule has 4 rings (SSSR count). The summed E-state index contributed by atoms with van der Waals surface area (Å²) < 4.78 is 17.4. The van der Waals surface area contributed by atoms with Crippen molar-refractivity contribution in [3.63, 3.8) is 0 Å². The van der Waals surface area contributed by atoms with E-state index >= 15 is 0 Å². The largest absolute Gasteiger partial charge is 0.493 e. The second-order valence-corrected chi connectivity index (χ2v) is 7.20. The molecule has 1 atom stereocenters. The second kappa shape index (κ2) is 9.03. The van der Waals surface area contributed by atoms with Crippen molar-refractivity contribution in [1.82, 2.24) is 19.7 Å². The maximum absolute atomic E-state index is 13.0. The molecule has 11 nitrogen and oxygen atoms in total. The van der Waals surface area contributed by atoms with E-state index in [0.29, 0.717) is 28.5 Å². The highest BCUT2D eigenvalue weighted by Crippen LogP contribution is 2.39. The van der Waals surface area contributed by atoms with Crippen molar-refractivity contribution < 1.29 is 23.8 Å². The van der Waals surface area contributed by atoms with E-state index in [9.17, 15) is 14.9 Å². The number of benzene rings is 2. The van der Waals surface area contributed by atoms with Crippen molar-refractivity contribution in [1.29, 1.82) is 5.26 Å². The van der Waals surface area contributed by atoms with Crippen LogP contribution < -0.4 is 19.8 Å². The lowest BCUT2D eigenvalue weighted by Crippen LogP contribution is -2.46. The quantitative estimate of drug-likeness (QED) is 0.413. The number of nitrogens with zero attached hydrogens (tertiary/aromatic N) is 6. The Bertz CT molecular complexity index is 1370. The Hall–Kier alpha value is -4.72. The molecule has 3 aromatic rings. The lowest BCUT2D eigenvalue weighted by atomic mass is 9.90. The fraction of sp³-hybridized carbons (Fsp3) is 0.217. The van der Waals surface area contributed by atoms with Crippen LogP contribution in [-0.4, -0.2) is 59.9 Å². The molecule has 1 aliphatic heterocycles. The third kappa shape index (κ3) is 3.61. The highest BCUT2D eigenvalue weighted by molar-refractivity contribution is 6.10. The zero-order valence-electron chi connectivity index (χ0n) is 18.8. The molecule has 0 saturated carbocycles. The molecule has 1 aromatic heterocycles. The normalized spacial score (nSPS) is 15.6. The third-order valence-electron chi connectivity index (χ3n) is 5.39. The first-order valence-electron chi connectivity index (χ1n) is 10.1. The van der Waals surface area contributed by atoms with Crippen molar-refractivity contribution in [2.45, 2.75) is 5.92 Å². The van der Waals surface area contributed by atoms with Gasteiger partial charge in [0.1, 0.15) is 5.92 Å². The zero-order valence-corrected chi connectivity index (χ0v) is 18.8. The number of carbonyl (C=O) groups excluding carboxylic acids is 2. The fourth-order valence-corrected chi connectivity index (χ4v) is 3.75. The van der Waals surface area contributed by atoms with Crippen molar-refractivity contribution in [3.8, 4) is 29.1 Å². The van der Waals surface area contributed by atoms with Crippen molar-refractivity contribution in [3.05, 3.63) is 65.0 Å². The van der Waals surface area contributed by atoms with Crippen molar-refractivity contribution in [2.75, 3.05) is 28.4 Å². The zero-order chi connectivity index (χ0) is 24.4. The van der Waals surface area contributed by atoms with Gasteiger partial charge in [-0.15, -0.1) is 4.99 Å². The van der Waals surface area contributed by atoms with E-state index in [-0.39, 0.29) is 17.0 Å². The van der Waals surface area contributed by atoms with Gasteiger partial charge in [0.25, 0.3) is 11.5 Å². The van der Waals surface area contributed by atoms with Gasteiger partial charge < -0.3 is 14.2 Å². The van der Waals surface area contributed by atoms with Gasteiger partial charge in [0.05, 0.1) is 32.7 Å². The minimum Gasteiger partial charge on any atom is -0.493 e. The number of methoxy groups -OCH3 is 3. The highest BCUT2D eigenvalue weighted by atomic mass is 16.5. The highest BCUT2D eigenvalue weighted by Gasteiger charge is 2.41. The number of rotatable bonds is 5. The van der Waals surface area contributed by atoms with Crippen LogP contribution in [0.5, 0.6) is 17.2 Å². The molecule has 2 amide bonds. The Morgan fingerprint density at radius 2 is 1.68 bits per heavy atom. The van der Waals surface area contributed by atoms with Crippen LogP contribution in [0, 0.1) is 11.5 Å². The lowest BCUT2D eigenvalue weighted by Gasteiger charge is -2.29. The number of fused-ring (bicyclic) bond motifs is 1. The molecule has 0 aliphatic carbocycles. The van der Waals surface area contributed by atoms with Gasteiger partial charge in [-0.1, -0.05) is 30.3 Å². The van der Waals surface area contributed by atoms with E-state index in [1.165, 1.54) is 33.1 Å². The van der Waals surface area contributed by atoms with E-state index in [1.807, 2.05) is 6.07 Å². The molecule has 172 valence electrons. The van der Waals surface area contributed by atoms with Crippen LogP contribution in [0.15, 0.2) is 47.5 Å². The number of carbonyl (C=O) groups is 2. The van der Waals surface area contributed by atoms with Crippen LogP contribution in [0.2, 0.25) is 0 Å². The Labute approximate surface area is 194 Å². The van der Waals surface area contributed by atoms with Crippen LogP contribution in [0.4, 0.5) is 0 Å². The summed E-state index contributed by atoms with van der Waals surface area (Å²) in [5.74, 6) is -0.950. The average molecular weight is 460 g/mol. The van der Waals surface area contributed by atoms with Gasteiger partial charge in [-0.3, -0.25) is 14.5 Å². The Kier molecular flexibility index (Phi) is 5.97. The number of ether oxygens (including phenoxy) is 3. The topological polar surface area (TPSA) is 132 Å². The number of nitriles is 1. The molecule has 1 aliphatic rings. The maximum Gasteiger partial charge on any atom is 0.282 e. The second-order valence-electron chi connectivity index (χ2n) is 7.20. The molecule has 0 spiro atoms. The van der Waals surface area contributed by atoms with Crippen LogP contribution in [0.1, 0.15) is 27.7 Å². The van der Waals surface area contributed by atoms with Crippen LogP contribution in [0.25, 0.3) is 5.69 Å². The Balaban J connectivity index is 2.03. The fourth-order valence-electron chi connectivity index (χ4n) is 3.75. The SMILES string of the molecule is COc1cc(-n2nc3c(nc2=NC#N)C(c2ccccc2)C(=O)N(C)C3=O)cc(OC)c1OC. The molecule has 2 heterocycles. The monoisotopic (exact) mass is 460 g/mol.